The number of hydrogen-bond acceptors (Lipinski definition) is 8. The molecule has 0 aliphatic carbocycles. The Kier molecular flexibility index (Phi) is 8.98. The molecule has 2 aliphatic heterocycles. The number of urea groups is 1. The molecule has 2 aliphatic rings. The Morgan fingerprint density at radius 3 is 2.73 bits per heavy atom. The van der Waals surface area contributed by atoms with Crippen LogP contribution in [0.5, 0.6) is 5.88 Å². The number of carbonyl (C=O) groups excluding carboxylic acids is 2. The van der Waals surface area contributed by atoms with Gasteiger partial charge in [-0.2, -0.15) is 5.06 Å². The first kappa shape index (κ1) is 26.9. The van der Waals surface area contributed by atoms with Crippen LogP contribution in [-0.2, 0) is 19.1 Å². The number of ether oxygens (including phenoxy) is 3. The third-order valence-electron chi connectivity index (χ3n) is 6.44. The molecule has 37 heavy (non-hydrogen) atoms. The van der Waals surface area contributed by atoms with Gasteiger partial charge in [-0.1, -0.05) is 18.2 Å². The van der Waals surface area contributed by atoms with Crippen LogP contribution >= 0.6 is 0 Å². The molecule has 3 heterocycles. The van der Waals surface area contributed by atoms with Crippen molar-refractivity contribution in [2.24, 2.45) is 0 Å². The summed E-state index contributed by atoms with van der Waals surface area (Å²) < 4.78 is 18.5. The maximum Gasteiger partial charge on any atom is 0.320 e. The van der Waals surface area contributed by atoms with Crippen LogP contribution in [0.2, 0.25) is 0 Å². The molecule has 1 aromatic heterocycles. The van der Waals surface area contributed by atoms with E-state index in [2.05, 4.69) is 15.7 Å². The molecular weight excluding hydrogens is 480 g/mol. The van der Waals surface area contributed by atoms with Gasteiger partial charge in [0.2, 0.25) is 11.8 Å². The second kappa shape index (κ2) is 12.4. The first-order valence-corrected chi connectivity index (χ1v) is 12.5. The smallest absolute Gasteiger partial charge is 0.320 e. The van der Waals surface area contributed by atoms with Crippen molar-refractivity contribution in [2.45, 2.75) is 39.0 Å². The van der Waals surface area contributed by atoms with Crippen molar-refractivity contribution in [3.63, 3.8) is 0 Å². The van der Waals surface area contributed by atoms with Crippen molar-refractivity contribution in [1.29, 1.82) is 0 Å². The molecule has 0 radical (unpaired) electrons. The van der Waals surface area contributed by atoms with Crippen molar-refractivity contribution < 1.29 is 28.6 Å². The average Bonchev–Trinajstić information content (AvgIpc) is 3.40. The summed E-state index contributed by atoms with van der Waals surface area (Å²) in [4.78, 5) is 32.3. The van der Waals surface area contributed by atoms with Crippen LogP contribution in [-0.4, -0.2) is 103 Å². The standard InChI is InChI=1S/C25H36N6O6/c1-17-23(27-25(33)26-22-15-30(11-12-34-4)37-18(22)2)31(20-8-6-5-7-9-20)28-24(17)36-16-21-14-29(19(3)32)10-13-35-21/h5-9,18,21-22H,10-16H2,1-4H3,(H2,26,27,33)/t18-,21?,22+/m0/s1. The van der Waals surface area contributed by atoms with Gasteiger partial charge in [-0.15, -0.1) is 5.10 Å². The molecule has 12 nitrogen and oxygen atoms in total. The minimum absolute atomic E-state index is 0.0131. The Labute approximate surface area is 216 Å². The van der Waals surface area contributed by atoms with E-state index in [9.17, 15) is 9.59 Å². The highest BCUT2D eigenvalue weighted by atomic mass is 16.7. The quantitative estimate of drug-likeness (QED) is 0.516. The number of amides is 3. The minimum Gasteiger partial charge on any atom is -0.474 e. The predicted octanol–water partition coefficient (Wildman–Crippen LogP) is 1.58. The van der Waals surface area contributed by atoms with Crippen LogP contribution in [0.3, 0.4) is 0 Å². The number of morpholine rings is 1. The van der Waals surface area contributed by atoms with Gasteiger partial charge < -0.3 is 24.4 Å². The molecule has 2 saturated heterocycles. The maximum absolute atomic E-state index is 13.0. The average molecular weight is 517 g/mol. The third kappa shape index (κ3) is 6.77. The topological polar surface area (TPSA) is 119 Å². The normalized spacial score (nSPS) is 22.2. The summed E-state index contributed by atoms with van der Waals surface area (Å²) >= 11 is 0. The molecule has 2 fully saturated rings. The van der Waals surface area contributed by atoms with E-state index < -0.39 is 0 Å². The van der Waals surface area contributed by atoms with Crippen molar-refractivity contribution in [1.82, 2.24) is 25.1 Å². The van der Waals surface area contributed by atoms with Crippen molar-refractivity contribution >= 4 is 17.8 Å². The number of hydroxylamine groups is 2. The van der Waals surface area contributed by atoms with E-state index in [1.165, 1.54) is 0 Å². The second-order valence-corrected chi connectivity index (χ2v) is 9.19. The number of carbonyl (C=O) groups is 2. The van der Waals surface area contributed by atoms with Crippen LogP contribution in [0.25, 0.3) is 5.69 Å². The number of para-hydroxylation sites is 1. The zero-order valence-corrected chi connectivity index (χ0v) is 21.8. The second-order valence-electron chi connectivity index (χ2n) is 9.19. The SMILES string of the molecule is COCCN1C[C@@H](NC(=O)Nc2c(C)c(OCC3CN(C(C)=O)CCO3)nn2-c2ccccc2)[C@H](C)O1. The van der Waals surface area contributed by atoms with Gasteiger partial charge in [0.15, 0.2) is 0 Å². The third-order valence-corrected chi connectivity index (χ3v) is 6.44. The van der Waals surface area contributed by atoms with Crippen LogP contribution < -0.4 is 15.4 Å². The number of nitrogens with one attached hydrogen (secondary N) is 2. The number of benzene rings is 1. The molecular formula is C25H36N6O6. The monoisotopic (exact) mass is 516 g/mol. The molecule has 202 valence electrons. The van der Waals surface area contributed by atoms with E-state index in [1.807, 2.05) is 44.2 Å². The molecule has 12 heteroatoms. The highest BCUT2D eigenvalue weighted by Gasteiger charge is 2.32. The van der Waals surface area contributed by atoms with Gasteiger partial charge in [0.25, 0.3) is 0 Å². The molecule has 3 amide bonds. The summed E-state index contributed by atoms with van der Waals surface area (Å²) in [7, 11) is 1.64. The highest BCUT2D eigenvalue weighted by Crippen LogP contribution is 2.29. The Hall–Kier alpha value is -3.19. The van der Waals surface area contributed by atoms with E-state index in [-0.39, 0.29) is 36.8 Å². The van der Waals surface area contributed by atoms with Gasteiger partial charge in [0.1, 0.15) is 18.5 Å². The van der Waals surface area contributed by atoms with E-state index in [4.69, 9.17) is 19.0 Å². The summed E-state index contributed by atoms with van der Waals surface area (Å²) in [5.41, 5.74) is 1.45. The summed E-state index contributed by atoms with van der Waals surface area (Å²) in [6.07, 6.45) is -0.435. The van der Waals surface area contributed by atoms with E-state index in [1.54, 1.807) is 28.7 Å². The zero-order chi connectivity index (χ0) is 26.4. The molecule has 1 aromatic carbocycles. The number of anilines is 1. The molecule has 0 saturated carbocycles. The molecule has 3 atom stereocenters. The van der Waals surface area contributed by atoms with Crippen molar-refractivity contribution in [3.8, 4) is 11.6 Å². The minimum atomic E-state index is -0.367. The number of rotatable bonds is 9. The fraction of sp³-hybridized carbons (Fsp3) is 0.560. The van der Waals surface area contributed by atoms with E-state index in [0.717, 1.165) is 5.69 Å². The van der Waals surface area contributed by atoms with Gasteiger partial charge in [-0.05, 0) is 26.0 Å². The zero-order valence-electron chi connectivity index (χ0n) is 21.8. The lowest BCUT2D eigenvalue weighted by Gasteiger charge is -2.31. The molecule has 1 unspecified atom stereocenters. The lowest BCUT2D eigenvalue weighted by molar-refractivity contribution is -0.146. The summed E-state index contributed by atoms with van der Waals surface area (Å²) in [5, 5.41) is 12.4. The number of aromatic nitrogens is 2. The van der Waals surface area contributed by atoms with E-state index >= 15 is 0 Å². The molecule has 4 rings (SSSR count). The Morgan fingerprint density at radius 2 is 2.00 bits per heavy atom. The van der Waals surface area contributed by atoms with Crippen LogP contribution in [0, 0.1) is 6.92 Å². The van der Waals surface area contributed by atoms with Crippen LogP contribution in [0.1, 0.15) is 19.4 Å². The van der Waals surface area contributed by atoms with E-state index in [0.29, 0.717) is 56.7 Å². The Bertz CT molecular complexity index is 1060. The first-order valence-electron chi connectivity index (χ1n) is 12.5. The lowest BCUT2D eigenvalue weighted by atomic mass is 10.2. The Balaban J connectivity index is 1.45. The fourth-order valence-corrected chi connectivity index (χ4v) is 4.33. The summed E-state index contributed by atoms with van der Waals surface area (Å²) in [5.74, 6) is 0.890. The summed E-state index contributed by atoms with van der Waals surface area (Å²) in [6, 6.07) is 8.95. The molecule has 2 N–H and O–H groups in total. The summed E-state index contributed by atoms with van der Waals surface area (Å²) in [6.45, 7) is 8.77. The molecule has 0 bridgehead atoms. The number of hydrogen-bond donors (Lipinski definition) is 2. The maximum atomic E-state index is 13.0. The lowest BCUT2D eigenvalue weighted by Crippen LogP contribution is -2.46. The van der Waals surface area contributed by atoms with Gasteiger partial charge in [0, 0.05) is 33.7 Å². The number of nitrogens with zero attached hydrogens (tertiary/aromatic N) is 4. The largest absolute Gasteiger partial charge is 0.474 e. The molecule has 2 aromatic rings. The van der Waals surface area contributed by atoms with Gasteiger partial charge in [-0.25, -0.2) is 9.48 Å². The highest BCUT2D eigenvalue weighted by molar-refractivity contribution is 5.90. The van der Waals surface area contributed by atoms with Crippen molar-refractivity contribution in [3.05, 3.63) is 35.9 Å². The van der Waals surface area contributed by atoms with Gasteiger partial charge in [0.05, 0.1) is 43.2 Å². The van der Waals surface area contributed by atoms with Crippen molar-refractivity contribution in [2.75, 3.05) is 58.4 Å². The predicted molar refractivity (Wildman–Crippen MR) is 136 cm³/mol. The fourth-order valence-electron chi connectivity index (χ4n) is 4.33. The van der Waals surface area contributed by atoms with Crippen LogP contribution in [0.4, 0.5) is 10.6 Å². The molecule has 0 spiro atoms. The number of methoxy groups -OCH3 is 1. The Morgan fingerprint density at radius 1 is 1.22 bits per heavy atom. The van der Waals surface area contributed by atoms with Gasteiger partial charge in [-0.3, -0.25) is 14.9 Å². The van der Waals surface area contributed by atoms with Crippen LogP contribution in [0.15, 0.2) is 30.3 Å². The van der Waals surface area contributed by atoms with Gasteiger partial charge >= 0.3 is 6.03 Å². The first-order chi connectivity index (χ1) is 17.9.